The van der Waals surface area contributed by atoms with Crippen molar-refractivity contribution in [1.29, 1.82) is 0 Å². The number of hydrogen-bond acceptors (Lipinski definition) is 1. The molecule has 0 aromatic heterocycles. The highest BCUT2D eigenvalue weighted by atomic mass is 35.5. The molecule has 0 atom stereocenters. The SMILES string of the molecule is OCCCc1cc(F)ccc1Cl. The van der Waals surface area contributed by atoms with Crippen LogP contribution in [0, 0.1) is 5.82 Å². The summed E-state index contributed by atoms with van der Waals surface area (Å²) >= 11 is 5.78. The molecule has 0 fully saturated rings. The summed E-state index contributed by atoms with van der Waals surface area (Å²) in [5.74, 6) is -0.285. The van der Waals surface area contributed by atoms with Crippen molar-refractivity contribution < 1.29 is 9.50 Å². The molecule has 0 saturated carbocycles. The fourth-order valence-electron chi connectivity index (χ4n) is 1.00. The van der Waals surface area contributed by atoms with Gasteiger partial charge in [0.05, 0.1) is 0 Å². The molecule has 66 valence electrons. The van der Waals surface area contributed by atoms with Gasteiger partial charge < -0.3 is 5.11 Å². The minimum atomic E-state index is -0.285. The highest BCUT2D eigenvalue weighted by Gasteiger charge is 2.00. The first-order valence-corrected chi connectivity index (χ1v) is 4.16. The second kappa shape index (κ2) is 4.43. The van der Waals surface area contributed by atoms with Crippen molar-refractivity contribution in [1.82, 2.24) is 0 Å². The van der Waals surface area contributed by atoms with E-state index >= 15 is 0 Å². The minimum Gasteiger partial charge on any atom is -0.396 e. The van der Waals surface area contributed by atoms with Gasteiger partial charge in [-0.05, 0) is 36.6 Å². The Balaban J connectivity index is 2.75. The molecule has 0 heterocycles. The molecular formula is C9H10ClFO. The standard InChI is InChI=1S/C9H10ClFO/c10-9-4-3-8(11)6-7(9)2-1-5-12/h3-4,6,12H,1-2,5H2. The molecule has 1 aromatic carbocycles. The molecule has 0 aliphatic heterocycles. The first-order chi connectivity index (χ1) is 5.74. The van der Waals surface area contributed by atoms with E-state index in [0.717, 1.165) is 5.56 Å². The van der Waals surface area contributed by atoms with E-state index in [0.29, 0.717) is 17.9 Å². The average Bonchev–Trinajstić information content (AvgIpc) is 2.07. The van der Waals surface area contributed by atoms with Crippen LogP contribution in [0.3, 0.4) is 0 Å². The van der Waals surface area contributed by atoms with E-state index in [1.165, 1.54) is 18.2 Å². The molecule has 0 amide bonds. The Kier molecular flexibility index (Phi) is 3.50. The molecular weight excluding hydrogens is 179 g/mol. The summed E-state index contributed by atoms with van der Waals surface area (Å²) in [7, 11) is 0. The van der Waals surface area contributed by atoms with Gasteiger partial charge in [0, 0.05) is 11.6 Å². The van der Waals surface area contributed by atoms with E-state index in [9.17, 15) is 4.39 Å². The van der Waals surface area contributed by atoms with Gasteiger partial charge >= 0.3 is 0 Å². The van der Waals surface area contributed by atoms with Crippen LogP contribution >= 0.6 is 11.6 Å². The molecule has 0 unspecified atom stereocenters. The van der Waals surface area contributed by atoms with E-state index < -0.39 is 0 Å². The van der Waals surface area contributed by atoms with Gasteiger partial charge in [-0.25, -0.2) is 4.39 Å². The Morgan fingerprint density at radius 1 is 1.42 bits per heavy atom. The summed E-state index contributed by atoms with van der Waals surface area (Å²) in [4.78, 5) is 0. The zero-order valence-corrected chi connectivity index (χ0v) is 7.31. The van der Waals surface area contributed by atoms with Crippen LogP contribution in [0.4, 0.5) is 4.39 Å². The number of aliphatic hydroxyl groups excluding tert-OH is 1. The summed E-state index contributed by atoms with van der Waals surface area (Å²) < 4.78 is 12.7. The third-order valence-electron chi connectivity index (χ3n) is 1.61. The Bertz CT molecular complexity index is 263. The third-order valence-corrected chi connectivity index (χ3v) is 1.98. The van der Waals surface area contributed by atoms with Crippen molar-refractivity contribution in [2.24, 2.45) is 0 Å². The number of rotatable bonds is 3. The van der Waals surface area contributed by atoms with E-state index in [1.807, 2.05) is 0 Å². The zero-order chi connectivity index (χ0) is 8.97. The second-order valence-electron chi connectivity index (χ2n) is 2.56. The summed E-state index contributed by atoms with van der Waals surface area (Å²) in [6.07, 6.45) is 1.23. The molecule has 3 heteroatoms. The number of halogens is 2. The predicted molar refractivity (Wildman–Crippen MR) is 46.8 cm³/mol. The molecule has 1 aromatic rings. The van der Waals surface area contributed by atoms with Crippen LogP contribution in [0.25, 0.3) is 0 Å². The van der Waals surface area contributed by atoms with E-state index in [2.05, 4.69) is 0 Å². The van der Waals surface area contributed by atoms with Crippen LogP contribution < -0.4 is 0 Å². The van der Waals surface area contributed by atoms with Gasteiger partial charge in [0.1, 0.15) is 5.82 Å². The topological polar surface area (TPSA) is 20.2 Å². The lowest BCUT2D eigenvalue weighted by Crippen LogP contribution is -1.91. The molecule has 0 spiro atoms. The van der Waals surface area contributed by atoms with Gasteiger partial charge in [0.2, 0.25) is 0 Å². The number of aliphatic hydroxyl groups is 1. The molecule has 0 aliphatic rings. The molecule has 0 aliphatic carbocycles. The van der Waals surface area contributed by atoms with Crippen LogP contribution in [0.1, 0.15) is 12.0 Å². The van der Waals surface area contributed by atoms with E-state index in [1.54, 1.807) is 0 Å². The normalized spacial score (nSPS) is 10.2. The average molecular weight is 189 g/mol. The molecule has 1 rings (SSSR count). The van der Waals surface area contributed by atoms with E-state index in [-0.39, 0.29) is 12.4 Å². The fourth-order valence-corrected chi connectivity index (χ4v) is 1.22. The number of hydrogen-bond donors (Lipinski definition) is 1. The molecule has 0 bridgehead atoms. The summed E-state index contributed by atoms with van der Waals surface area (Å²) in [5.41, 5.74) is 0.755. The number of aryl methyl sites for hydroxylation is 1. The Morgan fingerprint density at radius 2 is 2.17 bits per heavy atom. The van der Waals surface area contributed by atoms with Crippen molar-refractivity contribution in [2.45, 2.75) is 12.8 Å². The van der Waals surface area contributed by atoms with Crippen LogP contribution in [-0.4, -0.2) is 11.7 Å². The largest absolute Gasteiger partial charge is 0.396 e. The summed E-state index contributed by atoms with van der Waals surface area (Å²) in [6, 6.07) is 4.26. The first kappa shape index (κ1) is 9.49. The quantitative estimate of drug-likeness (QED) is 0.773. The van der Waals surface area contributed by atoms with E-state index in [4.69, 9.17) is 16.7 Å². The molecule has 1 N–H and O–H groups in total. The molecule has 1 nitrogen and oxygen atoms in total. The highest BCUT2D eigenvalue weighted by molar-refractivity contribution is 6.31. The van der Waals surface area contributed by atoms with Crippen molar-refractivity contribution in [3.8, 4) is 0 Å². The smallest absolute Gasteiger partial charge is 0.123 e. The van der Waals surface area contributed by atoms with Crippen LogP contribution in [0.15, 0.2) is 18.2 Å². The summed E-state index contributed by atoms with van der Waals surface area (Å²) in [6.45, 7) is 0.104. The fraction of sp³-hybridized carbons (Fsp3) is 0.333. The Labute approximate surface area is 75.8 Å². The predicted octanol–water partition coefficient (Wildman–Crippen LogP) is 2.40. The molecule has 0 saturated heterocycles. The van der Waals surface area contributed by atoms with Crippen LogP contribution in [-0.2, 0) is 6.42 Å². The lowest BCUT2D eigenvalue weighted by molar-refractivity contribution is 0.288. The third kappa shape index (κ3) is 2.47. The second-order valence-corrected chi connectivity index (χ2v) is 2.97. The van der Waals surface area contributed by atoms with Crippen molar-refractivity contribution in [3.05, 3.63) is 34.6 Å². The van der Waals surface area contributed by atoms with Gasteiger partial charge in [-0.2, -0.15) is 0 Å². The molecule has 12 heavy (non-hydrogen) atoms. The molecule has 0 radical (unpaired) electrons. The van der Waals surface area contributed by atoms with Crippen molar-refractivity contribution in [3.63, 3.8) is 0 Å². The first-order valence-electron chi connectivity index (χ1n) is 3.79. The summed E-state index contributed by atoms with van der Waals surface area (Å²) in [5, 5.41) is 9.11. The van der Waals surface area contributed by atoms with Gasteiger partial charge in [-0.15, -0.1) is 0 Å². The monoisotopic (exact) mass is 188 g/mol. The Hall–Kier alpha value is -0.600. The Morgan fingerprint density at radius 3 is 2.83 bits per heavy atom. The lowest BCUT2D eigenvalue weighted by Gasteiger charge is -2.01. The van der Waals surface area contributed by atoms with Crippen molar-refractivity contribution in [2.75, 3.05) is 6.61 Å². The highest BCUT2D eigenvalue weighted by Crippen LogP contribution is 2.18. The lowest BCUT2D eigenvalue weighted by atomic mass is 10.1. The van der Waals surface area contributed by atoms with Gasteiger partial charge in [-0.3, -0.25) is 0 Å². The minimum absolute atomic E-state index is 0.104. The number of benzene rings is 1. The van der Waals surface area contributed by atoms with Gasteiger partial charge in [0.25, 0.3) is 0 Å². The maximum absolute atomic E-state index is 12.7. The maximum Gasteiger partial charge on any atom is 0.123 e. The zero-order valence-electron chi connectivity index (χ0n) is 6.56. The van der Waals surface area contributed by atoms with Crippen molar-refractivity contribution >= 4 is 11.6 Å². The van der Waals surface area contributed by atoms with Crippen LogP contribution in [0.5, 0.6) is 0 Å². The van der Waals surface area contributed by atoms with Crippen LogP contribution in [0.2, 0.25) is 5.02 Å². The maximum atomic E-state index is 12.7. The van der Waals surface area contributed by atoms with Gasteiger partial charge in [-0.1, -0.05) is 11.6 Å². The van der Waals surface area contributed by atoms with Gasteiger partial charge in [0.15, 0.2) is 0 Å².